The number of aromatic nitrogens is 2. The second-order valence-electron chi connectivity index (χ2n) is 4.38. The van der Waals surface area contributed by atoms with Crippen molar-refractivity contribution in [3.8, 4) is 11.8 Å². The van der Waals surface area contributed by atoms with Gasteiger partial charge in [0, 0.05) is 18.0 Å². The number of unbranched alkanes of at least 4 members (excludes halogenated alkanes) is 1. The fourth-order valence-electron chi connectivity index (χ4n) is 1.69. The van der Waals surface area contributed by atoms with E-state index in [9.17, 15) is 0 Å². The summed E-state index contributed by atoms with van der Waals surface area (Å²) >= 11 is 0. The van der Waals surface area contributed by atoms with Crippen molar-refractivity contribution in [1.82, 2.24) is 9.97 Å². The molecular formula is C15H18N2O2. The molecule has 0 unspecified atom stereocenters. The van der Waals surface area contributed by atoms with Crippen LogP contribution in [0.4, 0.5) is 0 Å². The highest BCUT2D eigenvalue weighted by Gasteiger charge is 2.01. The number of aryl methyl sites for hydroxylation is 1. The zero-order valence-electron chi connectivity index (χ0n) is 11.0. The third kappa shape index (κ3) is 4.03. The summed E-state index contributed by atoms with van der Waals surface area (Å²) in [4.78, 5) is 8.05. The van der Waals surface area contributed by atoms with E-state index in [0.29, 0.717) is 11.6 Å². The molecular weight excluding hydrogens is 240 g/mol. The van der Waals surface area contributed by atoms with E-state index in [1.165, 1.54) is 18.4 Å². The maximum absolute atomic E-state index is 8.90. The maximum atomic E-state index is 8.90. The SMILES string of the molecule is CCCCc1ccc(Oc2ncc(CO)cn2)cc1. The number of rotatable bonds is 6. The fourth-order valence-corrected chi connectivity index (χ4v) is 1.69. The number of ether oxygens (including phenoxy) is 1. The third-order valence-corrected chi connectivity index (χ3v) is 2.82. The van der Waals surface area contributed by atoms with Gasteiger partial charge in [-0.15, -0.1) is 0 Å². The summed E-state index contributed by atoms with van der Waals surface area (Å²) in [6.45, 7) is 2.12. The molecule has 0 atom stereocenters. The number of hydrogen-bond acceptors (Lipinski definition) is 4. The molecule has 2 rings (SSSR count). The second kappa shape index (κ2) is 6.85. The largest absolute Gasteiger partial charge is 0.424 e. The summed E-state index contributed by atoms with van der Waals surface area (Å²) in [5.41, 5.74) is 1.98. The molecule has 4 nitrogen and oxygen atoms in total. The van der Waals surface area contributed by atoms with Crippen LogP contribution in [0.25, 0.3) is 0 Å². The van der Waals surface area contributed by atoms with E-state index in [4.69, 9.17) is 9.84 Å². The van der Waals surface area contributed by atoms with Gasteiger partial charge in [0.2, 0.25) is 0 Å². The van der Waals surface area contributed by atoms with Crippen molar-refractivity contribution in [3.63, 3.8) is 0 Å². The number of aliphatic hydroxyl groups excluding tert-OH is 1. The van der Waals surface area contributed by atoms with Gasteiger partial charge in [0.05, 0.1) is 6.61 Å². The lowest BCUT2D eigenvalue weighted by Gasteiger charge is -2.05. The van der Waals surface area contributed by atoms with Crippen molar-refractivity contribution in [3.05, 3.63) is 47.8 Å². The molecule has 0 radical (unpaired) electrons. The Morgan fingerprint density at radius 3 is 2.32 bits per heavy atom. The summed E-state index contributed by atoms with van der Waals surface area (Å²) in [6, 6.07) is 8.27. The number of aliphatic hydroxyl groups is 1. The van der Waals surface area contributed by atoms with Crippen LogP contribution in [0.1, 0.15) is 30.9 Å². The van der Waals surface area contributed by atoms with E-state index in [-0.39, 0.29) is 6.61 Å². The van der Waals surface area contributed by atoms with E-state index in [2.05, 4.69) is 29.0 Å². The zero-order chi connectivity index (χ0) is 13.5. The topological polar surface area (TPSA) is 55.2 Å². The number of benzene rings is 1. The standard InChI is InChI=1S/C15H18N2O2/c1-2-3-4-12-5-7-14(8-6-12)19-15-16-9-13(11-18)10-17-15/h5-10,18H,2-4,11H2,1H3. The van der Waals surface area contributed by atoms with Crippen molar-refractivity contribution in [2.24, 2.45) is 0 Å². The second-order valence-corrected chi connectivity index (χ2v) is 4.38. The van der Waals surface area contributed by atoms with Crippen molar-refractivity contribution < 1.29 is 9.84 Å². The van der Waals surface area contributed by atoms with Crippen molar-refractivity contribution in [1.29, 1.82) is 0 Å². The van der Waals surface area contributed by atoms with Crippen LogP contribution in [0, 0.1) is 0 Å². The first-order chi connectivity index (χ1) is 9.31. The van der Waals surface area contributed by atoms with Crippen molar-refractivity contribution in [2.75, 3.05) is 0 Å². The Kier molecular flexibility index (Phi) is 4.86. The molecule has 0 aliphatic rings. The van der Waals surface area contributed by atoms with Crippen LogP contribution in [0.15, 0.2) is 36.7 Å². The van der Waals surface area contributed by atoms with Gasteiger partial charge in [0.15, 0.2) is 0 Å². The van der Waals surface area contributed by atoms with Crippen LogP contribution in [-0.2, 0) is 13.0 Å². The van der Waals surface area contributed by atoms with Crippen LogP contribution in [0.2, 0.25) is 0 Å². The smallest absolute Gasteiger partial charge is 0.321 e. The van der Waals surface area contributed by atoms with E-state index < -0.39 is 0 Å². The average molecular weight is 258 g/mol. The highest BCUT2D eigenvalue weighted by atomic mass is 16.5. The molecule has 0 saturated heterocycles. The van der Waals surface area contributed by atoms with Crippen LogP contribution >= 0.6 is 0 Å². The summed E-state index contributed by atoms with van der Waals surface area (Å²) in [6.07, 6.45) is 6.60. The molecule has 0 fully saturated rings. The zero-order valence-corrected chi connectivity index (χ0v) is 11.0. The van der Waals surface area contributed by atoms with Gasteiger partial charge in [0.1, 0.15) is 5.75 Å². The van der Waals surface area contributed by atoms with Gasteiger partial charge in [-0.05, 0) is 30.5 Å². The molecule has 0 saturated carbocycles. The molecule has 1 aromatic carbocycles. The molecule has 0 aliphatic heterocycles. The quantitative estimate of drug-likeness (QED) is 0.865. The highest BCUT2D eigenvalue weighted by molar-refractivity contribution is 5.29. The average Bonchev–Trinajstić information content (AvgIpc) is 2.47. The van der Waals surface area contributed by atoms with E-state index in [1.807, 2.05) is 12.1 Å². The highest BCUT2D eigenvalue weighted by Crippen LogP contribution is 2.18. The number of hydrogen-bond donors (Lipinski definition) is 1. The first kappa shape index (κ1) is 13.5. The Morgan fingerprint density at radius 2 is 1.74 bits per heavy atom. The summed E-state index contributed by atoms with van der Waals surface area (Å²) in [5.74, 6) is 0.719. The van der Waals surface area contributed by atoms with Gasteiger partial charge in [0.25, 0.3) is 0 Å². The Hall–Kier alpha value is -1.94. The minimum Gasteiger partial charge on any atom is -0.424 e. The van der Waals surface area contributed by atoms with Gasteiger partial charge < -0.3 is 9.84 Å². The Bertz CT molecular complexity index is 495. The van der Waals surface area contributed by atoms with Crippen LogP contribution in [0.5, 0.6) is 11.8 Å². The molecule has 19 heavy (non-hydrogen) atoms. The van der Waals surface area contributed by atoms with Crippen molar-refractivity contribution in [2.45, 2.75) is 32.8 Å². The first-order valence-electron chi connectivity index (χ1n) is 6.50. The Balaban J connectivity index is 1.98. The van der Waals surface area contributed by atoms with Gasteiger partial charge in [-0.1, -0.05) is 25.5 Å². The molecule has 2 aromatic rings. The summed E-state index contributed by atoms with van der Waals surface area (Å²) < 4.78 is 5.53. The molecule has 100 valence electrons. The third-order valence-electron chi connectivity index (χ3n) is 2.82. The predicted molar refractivity (Wildman–Crippen MR) is 73.1 cm³/mol. The number of nitrogens with zero attached hydrogens (tertiary/aromatic N) is 2. The lowest BCUT2D eigenvalue weighted by molar-refractivity contribution is 0.280. The predicted octanol–water partition coefficient (Wildman–Crippen LogP) is 3.10. The van der Waals surface area contributed by atoms with Gasteiger partial charge >= 0.3 is 6.01 Å². The van der Waals surface area contributed by atoms with Crippen molar-refractivity contribution >= 4 is 0 Å². The molecule has 1 N–H and O–H groups in total. The van der Waals surface area contributed by atoms with Gasteiger partial charge in [-0.2, -0.15) is 0 Å². The normalized spacial score (nSPS) is 10.4. The molecule has 0 bridgehead atoms. The summed E-state index contributed by atoms with van der Waals surface area (Å²) in [5, 5.41) is 8.90. The van der Waals surface area contributed by atoms with Gasteiger partial charge in [-0.25, -0.2) is 9.97 Å². The first-order valence-corrected chi connectivity index (χ1v) is 6.50. The molecule has 0 amide bonds. The molecule has 1 heterocycles. The van der Waals surface area contributed by atoms with E-state index >= 15 is 0 Å². The monoisotopic (exact) mass is 258 g/mol. The summed E-state index contributed by atoms with van der Waals surface area (Å²) in [7, 11) is 0. The van der Waals surface area contributed by atoms with Crippen LogP contribution in [0.3, 0.4) is 0 Å². The fraction of sp³-hybridized carbons (Fsp3) is 0.333. The van der Waals surface area contributed by atoms with E-state index in [0.717, 1.165) is 12.2 Å². The minimum atomic E-state index is -0.0631. The molecule has 1 aromatic heterocycles. The lowest BCUT2D eigenvalue weighted by atomic mass is 10.1. The molecule has 0 spiro atoms. The minimum absolute atomic E-state index is 0.0631. The van der Waals surface area contributed by atoms with Gasteiger partial charge in [-0.3, -0.25) is 0 Å². The maximum Gasteiger partial charge on any atom is 0.321 e. The van der Waals surface area contributed by atoms with Crippen LogP contribution in [-0.4, -0.2) is 15.1 Å². The Morgan fingerprint density at radius 1 is 1.05 bits per heavy atom. The molecule has 4 heteroatoms. The van der Waals surface area contributed by atoms with E-state index in [1.54, 1.807) is 12.4 Å². The Labute approximate surface area is 113 Å². The molecule has 0 aliphatic carbocycles. The van der Waals surface area contributed by atoms with Crippen LogP contribution < -0.4 is 4.74 Å². The lowest BCUT2D eigenvalue weighted by Crippen LogP contribution is -1.94.